The third kappa shape index (κ3) is 3.05. The van der Waals surface area contributed by atoms with Crippen molar-refractivity contribution in [1.82, 2.24) is 15.1 Å². The fourth-order valence-corrected chi connectivity index (χ4v) is 3.66. The SMILES string of the molecule is CCn1nc(C)cc1CNC1CCCC1SC. The molecule has 0 aromatic carbocycles. The molecule has 1 saturated carbocycles. The van der Waals surface area contributed by atoms with E-state index < -0.39 is 0 Å². The molecule has 0 aliphatic heterocycles. The number of aryl methyl sites for hydroxylation is 2. The minimum Gasteiger partial charge on any atom is -0.307 e. The monoisotopic (exact) mass is 253 g/mol. The molecule has 0 saturated heterocycles. The maximum absolute atomic E-state index is 4.48. The van der Waals surface area contributed by atoms with E-state index >= 15 is 0 Å². The highest BCUT2D eigenvalue weighted by atomic mass is 32.2. The zero-order valence-corrected chi connectivity index (χ0v) is 11.9. The molecule has 4 heteroatoms. The van der Waals surface area contributed by atoms with Crippen LogP contribution in [0.2, 0.25) is 0 Å². The summed E-state index contributed by atoms with van der Waals surface area (Å²) in [7, 11) is 0. The minimum absolute atomic E-state index is 0.686. The van der Waals surface area contributed by atoms with Crippen molar-refractivity contribution in [3.05, 3.63) is 17.5 Å². The van der Waals surface area contributed by atoms with Gasteiger partial charge in [0.25, 0.3) is 0 Å². The van der Waals surface area contributed by atoms with Crippen LogP contribution in [0, 0.1) is 6.92 Å². The van der Waals surface area contributed by atoms with Crippen LogP contribution in [-0.4, -0.2) is 27.3 Å². The highest BCUT2D eigenvalue weighted by Crippen LogP contribution is 2.28. The molecular formula is C13H23N3S. The Morgan fingerprint density at radius 2 is 2.35 bits per heavy atom. The third-order valence-corrected chi connectivity index (χ3v) is 4.76. The van der Waals surface area contributed by atoms with Crippen LogP contribution in [0.15, 0.2) is 6.07 Å². The summed E-state index contributed by atoms with van der Waals surface area (Å²) in [6.07, 6.45) is 6.29. The first-order valence-corrected chi connectivity index (χ1v) is 7.83. The van der Waals surface area contributed by atoms with Crippen molar-refractivity contribution in [2.75, 3.05) is 6.26 Å². The number of nitrogens with one attached hydrogen (secondary N) is 1. The average Bonchev–Trinajstić information content (AvgIpc) is 2.91. The van der Waals surface area contributed by atoms with Gasteiger partial charge in [-0.3, -0.25) is 4.68 Å². The van der Waals surface area contributed by atoms with E-state index in [0.29, 0.717) is 6.04 Å². The summed E-state index contributed by atoms with van der Waals surface area (Å²) >= 11 is 2.01. The minimum atomic E-state index is 0.686. The lowest BCUT2D eigenvalue weighted by molar-refractivity contribution is 0.504. The molecule has 17 heavy (non-hydrogen) atoms. The molecule has 0 spiro atoms. The summed E-state index contributed by atoms with van der Waals surface area (Å²) in [5.41, 5.74) is 2.44. The second-order valence-corrected chi connectivity index (χ2v) is 5.86. The van der Waals surface area contributed by atoms with Gasteiger partial charge in [0.2, 0.25) is 0 Å². The van der Waals surface area contributed by atoms with E-state index in [9.17, 15) is 0 Å². The molecule has 1 aromatic rings. The lowest BCUT2D eigenvalue weighted by Gasteiger charge is -2.19. The van der Waals surface area contributed by atoms with Gasteiger partial charge in [0.1, 0.15) is 0 Å². The molecule has 0 radical (unpaired) electrons. The summed E-state index contributed by atoms with van der Waals surface area (Å²) in [6, 6.07) is 2.88. The first-order chi connectivity index (χ1) is 8.24. The first kappa shape index (κ1) is 13.0. The molecule has 1 heterocycles. The Morgan fingerprint density at radius 3 is 3.06 bits per heavy atom. The van der Waals surface area contributed by atoms with Crippen LogP contribution >= 0.6 is 11.8 Å². The molecule has 0 amide bonds. The van der Waals surface area contributed by atoms with Gasteiger partial charge in [0.05, 0.1) is 11.4 Å². The molecule has 3 nitrogen and oxygen atoms in total. The van der Waals surface area contributed by atoms with Gasteiger partial charge >= 0.3 is 0 Å². The van der Waals surface area contributed by atoms with E-state index in [4.69, 9.17) is 0 Å². The van der Waals surface area contributed by atoms with Gasteiger partial charge in [0.15, 0.2) is 0 Å². The second-order valence-electron chi connectivity index (χ2n) is 4.79. The molecule has 1 fully saturated rings. The molecule has 1 N–H and O–H groups in total. The molecule has 96 valence electrons. The fourth-order valence-electron chi connectivity index (χ4n) is 2.69. The van der Waals surface area contributed by atoms with Crippen LogP contribution in [-0.2, 0) is 13.1 Å². The summed E-state index contributed by atoms with van der Waals surface area (Å²) in [6.45, 7) is 6.13. The number of aromatic nitrogens is 2. The van der Waals surface area contributed by atoms with Crippen molar-refractivity contribution in [1.29, 1.82) is 0 Å². The van der Waals surface area contributed by atoms with Gasteiger partial charge in [-0.1, -0.05) is 6.42 Å². The van der Waals surface area contributed by atoms with Gasteiger partial charge in [-0.05, 0) is 39.0 Å². The standard InChI is InChI=1S/C13H23N3S/c1-4-16-11(8-10(2)15-16)9-14-12-6-5-7-13(12)17-3/h8,12-14H,4-7,9H2,1-3H3. The quantitative estimate of drug-likeness (QED) is 0.875. The molecule has 1 aliphatic carbocycles. The molecule has 1 aromatic heterocycles. The highest BCUT2D eigenvalue weighted by Gasteiger charge is 2.25. The van der Waals surface area contributed by atoms with E-state index in [1.54, 1.807) is 0 Å². The molecular weight excluding hydrogens is 230 g/mol. The van der Waals surface area contributed by atoms with Gasteiger partial charge in [-0.2, -0.15) is 16.9 Å². The van der Waals surface area contributed by atoms with Crippen molar-refractivity contribution in [3.8, 4) is 0 Å². The number of nitrogens with zero attached hydrogens (tertiary/aromatic N) is 2. The van der Waals surface area contributed by atoms with Gasteiger partial charge in [0, 0.05) is 24.4 Å². The van der Waals surface area contributed by atoms with E-state index in [1.807, 2.05) is 11.8 Å². The van der Waals surface area contributed by atoms with Crippen molar-refractivity contribution in [3.63, 3.8) is 0 Å². The average molecular weight is 253 g/mol. The van der Waals surface area contributed by atoms with E-state index in [2.05, 4.69) is 41.3 Å². The van der Waals surface area contributed by atoms with E-state index in [0.717, 1.165) is 24.0 Å². The zero-order valence-electron chi connectivity index (χ0n) is 11.1. The Morgan fingerprint density at radius 1 is 1.53 bits per heavy atom. The Hall–Kier alpha value is -0.480. The van der Waals surface area contributed by atoms with Crippen molar-refractivity contribution >= 4 is 11.8 Å². The zero-order chi connectivity index (χ0) is 12.3. The van der Waals surface area contributed by atoms with Crippen LogP contribution in [0.5, 0.6) is 0 Å². The van der Waals surface area contributed by atoms with Gasteiger partial charge in [-0.15, -0.1) is 0 Å². The van der Waals surface area contributed by atoms with Gasteiger partial charge < -0.3 is 5.32 Å². The van der Waals surface area contributed by atoms with E-state index in [1.165, 1.54) is 25.0 Å². The Labute approximate surface area is 108 Å². The highest BCUT2D eigenvalue weighted by molar-refractivity contribution is 7.99. The summed E-state index contributed by atoms with van der Waals surface area (Å²) in [4.78, 5) is 0. The predicted octanol–water partition coefficient (Wildman–Crippen LogP) is 2.59. The Kier molecular flexibility index (Phi) is 4.51. The van der Waals surface area contributed by atoms with Crippen LogP contribution in [0.3, 0.4) is 0 Å². The molecule has 2 atom stereocenters. The van der Waals surface area contributed by atoms with Crippen molar-refractivity contribution in [2.45, 2.75) is 57.5 Å². The smallest absolute Gasteiger partial charge is 0.0597 e. The van der Waals surface area contributed by atoms with Crippen LogP contribution in [0.25, 0.3) is 0 Å². The maximum atomic E-state index is 4.48. The predicted molar refractivity (Wildman–Crippen MR) is 74.4 cm³/mol. The topological polar surface area (TPSA) is 29.9 Å². The van der Waals surface area contributed by atoms with Crippen molar-refractivity contribution < 1.29 is 0 Å². The Balaban J connectivity index is 1.92. The number of hydrogen-bond donors (Lipinski definition) is 1. The lowest BCUT2D eigenvalue weighted by atomic mass is 10.2. The second kappa shape index (κ2) is 5.91. The Bertz CT molecular complexity index is 362. The summed E-state index contributed by atoms with van der Waals surface area (Å²) in [5.74, 6) is 0. The fraction of sp³-hybridized carbons (Fsp3) is 0.769. The van der Waals surface area contributed by atoms with E-state index in [-0.39, 0.29) is 0 Å². The number of hydrogen-bond acceptors (Lipinski definition) is 3. The van der Waals surface area contributed by atoms with Crippen LogP contribution in [0.4, 0.5) is 0 Å². The van der Waals surface area contributed by atoms with Gasteiger partial charge in [-0.25, -0.2) is 0 Å². The summed E-state index contributed by atoms with van der Waals surface area (Å²) < 4.78 is 2.10. The number of thioether (sulfide) groups is 1. The summed E-state index contributed by atoms with van der Waals surface area (Å²) in [5, 5.41) is 8.99. The molecule has 0 bridgehead atoms. The number of rotatable bonds is 5. The third-order valence-electron chi connectivity index (χ3n) is 3.59. The molecule has 2 unspecified atom stereocenters. The molecule has 2 rings (SSSR count). The van der Waals surface area contributed by atoms with Crippen LogP contribution < -0.4 is 5.32 Å². The van der Waals surface area contributed by atoms with Crippen molar-refractivity contribution in [2.24, 2.45) is 0 Å². The first-order valence-electron chi connectivity index (χ1n) is 6.54. The normalized spacial score (nSPS) is 24.4. The molecule has 1 aliphatic rings. The lowest BCUT2D eigenvalue weighted by Crippen LogP contribution is -2.34. The largest absolute Gasteiger partial charge is 0.307 e. The maximum Gasteiger partial charge on any atom is 0.0597 e. The van der Waals surface area contributed by atoms with Crippen LogP contribution in [0.1, 0.15) is 37.6 Å².